The number of benzene rings is 2. The van der Waals surface area contributed by atoms with Crippen molar-refractivity contribution in [2.75, 3.05) is 31.9 Å². The number of hydrogen-bond acceptors (Lipinski definition) is 5. The van der Waals surface area contributed by atoms with Crippen molar-refractivity contribution in [1.82, 2.24) is 9.21 Å². The molecule has 2 aromatic carbocycles. The summed E-state index contributed by atoms with van der Waals surface area (Å²) in [6.07, 6.45) is 2.02. The summed E-state index contributed by atoms with van der Waals surface area (Å²) < 4.78 is 55.1. The minimum absolute atomic E-state index is 0.0165. The highest BCUT2D eigenvalue weighted by atomic mass is 32.2. The molecule has 1 aliphatic rings. The molecule has 1 fully saturated rings. The molecule has 2 unspecified atom stereocenters. The Balaban J connectivity index is 1.91. The first-order valence-corrected chi connectivity index (χ1v) is 17.0. The molecule has 1 aliphatic heterocycles. The van der Waals surface area contributed by atoms with E-state index in [4.69, 9.17) is 0 Å². The highest BCUT2D eigenvalue weighted by Crippen LogP contribution is 2.31. The second-order valence-corrected chi connectivity index (χ2v) is 13.9. The molecule has 2 aromatic rings. The number of halogens is 2. The predicted molar refractivity (Wildman–Crippen MR) is 165 cm³/mol. The van der Waals surface area contributed by atoms with Gasteiger partial charge in [-0.3, -0.25) is 9.59 Å². The van der Waals surface area contributed by atoms with E-state index in [2.05, 4.69) is 0 Å². The number of rotatable bonds is 15. The lowest BCUT2D eigenvalue weighted by molar-refractivity contribution is 0.0231. The number of hydrogen-bond donors (Lipinski definition) is 1. The number of sulfonamides is 1. The van der Waals surface area contributed by atoms with Gasteiger partial charge in [0.15, 0.2) is 5.78 Å². The molecule has 3 atom stereocenters. The summed E-state index contributed by atoms with van der Waals surface area (Å²) in [4.78, 5) is 28.8. The van der Waals surface area contributed by atoms with Gasteiger partial charge in [0.1, 0.15) is 11.6 Å². The maximum atomic E-state index is 14.1. The van der Waals surface area contributed by atoms with Crippen molar-refractivity contribution < 1.29 is 31.9 Å². The molecule has 0 aromatic heterocycles. The lowest BCUT2D eigenvalue weighted by atomic mass is 9.79. The number of ketones is 1. The first-order chi connectivity index (χ1) is 20.4. The monoisotopic (exact) mass is 620 g/mol. The molecule has 0 spiro atoms. The highest BCUT2D eigenvalue weighted by Gasteiger charge is 2.36. The Morgan fingerprint density at radius 3 is 2.21 bits per heavy atom. The normalized spacial score (nSPS) is 17.4. The average molecular weight is 621 g/mol. The fraction of sp³-hybridized carbons (Fsp3) is 0.576. The average Bonchev–Trinajstić information content (AvgIpc) is 2.95. The summed E-state index contributed by atoms with van der Waals surface area (Å²) in [6.45, 7) is 9.32. The molecule has 1 saturated heterocycles. The first kappa shape index (κ1) is 34.8. The van der Waals surface area contributed by atoms with Crippen LogP contribution in [0.1, 0.15) is 91.1 Å². The second kappa shape index (κ2) is 15.9. The van der Waals surface area contributed by atoms with Crippen LogP contribution in [0, 0.1) is 30.4 Å². The number of aliphatic hydroxyl groups is 1. The number of aryl methyl sites for hydroxylation is 1. The van der Waals surface area contributed by atoms with Crippen molar-refractivity contribution in [2.45, 2.75) is 78.7 Å². The molecule has 3 rings (SSSR count). The lowest BCUT2D eigenvalue weighted by Gasteiger charge is -2.37. The van der Waals surface area contributed by atoms with Crippen LogP contribution in [0.25, 0.3) is 0 Å². The molecule has 43 heavy (non-hydrogen) atoms. The van der Waals surface area contributed by atoms with E-state index < -0.39 is 39.6 Å². The molecule has 0 saturated carbocycles. The summed E-state index contributed by atoms with van der Waals surface area (Å²) in [7, 11) is -3.47. The molecule has 0 aliphatic carbocycles. The third kappa shape index (κ3) is 9.65. The SMILES string of the molecule is CCCN(CCC)C(=O)c1cc(C)cc(C(=O)CC(Cc2cc(F)cc(F)c2)[C@H](O)C2CCCN(S(=O)(=O)CCC)C2)c1. The van der Waals surface area contributed by atoms with E-state index in [-0.39, 0.29) is 36.8 Å². The van der Waals surface area contributed by atoms with Crippen LogP contribution in [-0.2, 0) is 16.4 Å². The van der Waals surface area contributed by atoms with Crippen molar-refractivity contribution in [1.29, 1.82) is 0 Å². The van der Waals surface area contributed by atoms with Gasteiger partial charge in [0.05, 0.1) is 11.9 Å². The Hall–Kier alpha value is -2.69. The van der Waals surface area contributed by atoms with Gasteiger partial charge in [0.25, 0.3) is 5.91 Å². The van der Waals surface area contributed by atoms with Gasteiger partial charge in [-0.15, -0.1) is 0 Å². The van der Waals surface area contributed by atoms with Crippen LogP contribution in [0.3, 0.4) is 0 Å². The van der Waals surface area contributed by atoms with E-state index in [1.807, 2.05) is 20.8 Å². The minimum atomic E-state index is -3.47. The third-order valence-corrected chi connectivity index (χ3v) is 10.1. The molecule has 10 heteroatoms. The number of nitrogens with zero attached hydrogens (tertiary/aromatic N) is 2. The van der Waals surface area contributed by atoms with Crippen molar-refractivity contribution >= 4 is 21.7 Å². The van der Waals surface area contributed by atoms with Gasteiger partial charge < -0.3 is 10.0 Å². The predicted octanol–water partition coefficient (Wildman–Crippen LogP) is 5.78. The van der Waals surface area contributed by atoms with Crippen LogP contribution in [-0.4, -0.2) is 72.5 Å². The van der Waals surface area contributed by atoms with Gasteiger partial charge in [-0.05, 0) is 98.7 Å². The lowest BCUT2D eigenvalue weighted by Crippen LogP contribution is -2.46. The Bertz CT molecular complexity index is 1340. The maximum absolute atomic E-state index is 14.1. The fourth-order valence-electron chi connectivity index (χ4n) is 6.08. The van der Waals surface area contributed by atoms with E-state index >= 15 is 0 Å². The summed E-state index contributed by atoms with van der Waals surface area (Å²) in [5.74, 6) is -3.12. The van der Waals surface area contributed by atoms with Crippen molar-refractivity contribution in [2.24, 2.45) is 11.8 Å². The molecule has 1 N–H and O–H groups in total. The minimum Gasteiger partial charge on any atom is -0.392 e. The second-order valence-electron chi connectivity index (χ2n) is 11.8. The van der Waals surface area contributed by atoms with E-state index in [0.717, 1.165) is 24.5 Å². The van der Waals surface area contributed by atoms with Crippen LogP contribution in [0.5, 0.6) is 0 Å². The number of aliphatic hydroxyl groups excluding tert-OH is 1. The summed E-state index contributed by atoms with van der Waals surface area (Å²) in [5, 5.41) is 11.6. The number of Topliss-reactive ketones (excluding diaryl/α,β-unsaturated/α-hetero) is 1. The summed E-state index contributed by atoms with van der Waals surface area (Å²) >= 11 is 0. The van der Waals surface area contributed by atoms with Crippen molar-refractivity contribution in [3.05, 3.63) is 70.3 Å². The quantitative estimate of drug-likeness (QED) is 0.255. The van der Waals surface area contributed by atoms with Crippen LogP contribution in [0.4, 0.5) is 8.78 Å². The zero-order valence-corrected chi connectivity index (χ0v) is 26.6. The number of carbonyl (C=O) groups is 2. The van der Waals surface area contributed by atoms with Crippen LogP contribution in [0.2, 0.25) is 0 Å². The number of carbonyl (C=O) groups excluding carboxylic acids is 2. The van der Waals surface area contributed by atoms with Gasteiger partial charge >= 0.3 is 0 Å². The first-order valence-electron chi connectivity index (χ1n) is 15.4. The molecule has 0 bridgehead atoms. The standard InChI is InChI=1S/C33H46F2N2O5S/c1-5-10-36(11-6-2)33(40)28-15-23(4)14-26(19-28)31(38)20-27(16-24-17-29(34)21-30(35)18-24)32(39)25-9-8-12-37(22-25)43(41,42)13-7-3/h14-15,17-19,21,25,27,32,39H,5-13,16,20,22H2,1-4H3/t25?,27?,32-/m1/s1. The zero-order chi connectivity index (χ0) is 31.7. The van der Waals surface area contributed by atoms with Crippen molar-refractivity contribution in [3.63, 3.8) is 0 Å². The molecule has 238 valence electrons. The molecule has 0 radical (unpaired) electrons. The van der Waals surface area contributed by atoms with Gasteiger partial charge in [-0.25, -0.2) is 21.5 Å². The molecule has 1 heterocycles. The Labute approximate surface area is 255 Å². The highest BCUT2D eigenvalue weighted by molar-refractivity contribution is 7.89. The van der Waals surface area contributed by atoms with Gasteiger partial charge in [-0.1, -0.05) is 20.8 Å². The summed E-state index contributed by atoms with van der Waals surface area (Å²) in [5.41, 5.74) is 1.79. The Kier molecular flexibility index (Phi) is 12.8. The van der Waals surface area contributed by atoms with Gasteiger partial charge in [0, 0.05) is 49.8 Å². The van der Waals surface area contributed by atoms with E-state index in [9.17, 15) is 31.9 Å². The van der Waals surface area contributed by atoms with Crippen molar-refractivity contribution in [3.8, 4) is 0 Å². The van der Waals surface area contributed by atoms with Crippen LogP contribution >= 0.6 is 0 Å². The zero-order valence-electron chi connectivity index (χ0n) is 25.8. The van der Waals surface area contributed by atoms with Crippen LogP contribution < -0.4 is 0 Å². The Morgan fingerprint density at radius 1 is 0.977 bits per heavy atom. The van der Waals surface area contributed by atoms with Gasteiger partial charge in [-0.2, -0.15) is 0 Å². The smallest absolute Gasteiger partial charge is 0.253 e. The molecular formula is C33H46F2N2O5S. The van der Waals surface area contributed by atoms with Gasteiger partial charge in [0.2, 0.25) is 10.0 Å². The van der Waals surface area contributed by atoms with E-state index in [1.165, 1.54) is 16.4 Å². The molecular weight excluding hydrogens is 574 g/mol. The topological polar surface area (TPSA) is 95.0 Å². The number of amides is 1. The molecule has 1 amide bonds. The van der Waals surface area contributed by atoms with E-state index in [1.54, 1.807) is 30.0 Å². The van der Waals surface area contributed by atoms with E-state index in [0.29, 0.717) is 55.6 Å². The Morgan fingerprint density at radius 2 is 1.60 bits per heavy atom. The fourth-order valence-corrected chi connectivity index (χ4v) is 7.68. The maximum Gasteiger partial charge on any atom is 0.253 e. The summed E-state index contributed by atoms with van der Waals surface area (Å²) in [6, 6.07) is 8.18. The molecule has 7 nitrogen and oxygen atoms in total. The third-order valence-electron chi connectivity index (χ3n) is 8.03. The van der Waals surface area contributed by atoms with Crippen LogP contribution in [0.15, 0.2) is 36.4 Å². The largest absolute Gasteiger partial charge is 0.392 e. The number of piperidine rings is 1.